The monoisotopic (exact) mass is 438 g/mol. The van der Waals surface area contributed by atoms with Crippen LogP contribution in [0.2, 0.25) is 0 Å². The van der Waals surface area contributed by atoms with Gasteiger partial charge in [-0.1, -0.05) is 54.6 Å². The van der Waals surface area contributed by atoms with Crippen molar-refractivity contribution in [2.75, 3.05) is 19.7 Å². The number of piperidine rings is 1. The van der Waals surface area contributed by atoms with Crippen molar-refractivity contribution in [2.24, 2.45) is 5.73 Å². The summed E-state index contributed by atoms with van der Waals surface area (Å²) in [4.78, 5) is 15.1. The summed E-state index contributed by atoms with van der Waals surface area (Å²) in [7, 11) is 0. The second-order valence-electron chi connectivity index (χ2n) is 9.09. The zero-order valence-corrected chi connectivity index (χ0v) is 18.4. The van der Waals surface area contributed by atoms with E-state index in [-0.39, 0.29) is 11.3 Å². The molecule has 1 spiro atoms. The first-order chi connectivity index (χ1) is 16.2. The van der Waals surface area contributed by atoms with Crippen molar-refractivity contribution >= 4 is 16.7 Å². The van der Waals surface area contributed by atoms with E-state index in [1.165, 1.54) is 5.56 Å². The minimum absolute atomic E-state index is 0.0332. The number of fused-ring (bicyclic) bond motifs is 3. The summed E-state index contributed by atoms with van der Waals surface area (Å²) in [5, 5.41) is 2.27. The Kier molecular flexibility index (Phi) is 4.73. The molecule has 5 heteroatoms. The number of hydrogen-bond donors (Lipinski definition) is 1. The van der Waals surface area contributed by atoms with E-state index in [4.69, 9.17) is 14.9 Å². The van der Waals surface area contributed by atoms with Gasteiger partial charge in [-0.3, -0.25) is 4.79 Å². The first-order valence-corrected chi connectivity index (χ1v) is 11.5. The maximum atomic E-state index is 13.2. The highest BCUT2D eigenvalue weighted by Crippen LogP contribution is 2.46. The number of benzene rings is 3. The van der Waals surface area contributed by atoms with Crippen molar-refractivity contribution in [3.8, 4) is 17.1 Å². The van der Waals surface area contributed by atoms with Crippen LogP contribution in [0.3, 0.4) is 0 Å². The number of furan rings is 1. The maximum Gasteiger partial charge on any atom is 0.289 e. The average molecular weight is 439 g/mol. The number of likely N-dealkylation sites (tertiary alicyclic amines) is 1. The molecule has 2 aliphatic rings. The molecule has 1 aromatic heterocycles. The van der Waals surface area contributed by atoms with E-state index in [1.807, 2.05) is 47.4 Å². The molecule has 5 nitrogen and oxygen atoms in total. The van der Waals surface area contributed by atoms with Gasteiger partial charge in [0.25, 0.3) is 5.91 Å². The lowest BCUT2D eigenvalue weighted by Crippen LogP contribution is -2.46. The topological polar surface area (TPSA) is 68.7 Å². The summed E-state index contributed by atoms with van der Waals surface area (Å²) in [5.41, 5.74) is 9.19. The highest BCUT2D eigenvalue weighted by Gasteiger charge is 2.44. The molecule has 2 N–H and O–H groups in total. The number of nitrogens with two attached hydrogens (primary N) is 1. The first-order valence-electron chi connectivity index (χ1n) is 11.5. The number of amides is 1. The summed E-state index contributed by atoms with van der Waals surface area (Å²) >= 11 is 0. The van der Waals surface area contributed by atoms with Crippen LogP contribution in [0.4, 0.5) is 0 Å². The van der Waals surface area contributed by atoms with E-state index in [9.17, 15) is 4.79 Å². The molecule has 2 aliphatic heterocycles. The van der Waals surface area contributed by atoms with Crippen LogP contribution < -0.4 is 10.5 Å². The Balaban J connectivity index is 1.21. The molecule has 0 radical (unpaired) electrons. The molecule has 33 heavy (non-hydrogen) atoms. The van der Waals surface area contributed by atoms with Crippen LogP contribution in [0.1, 0.15) is 34.5 Å². The molecule has 1 amide bonds. The Morgan fingerprint density at radius 3 is 2.64 bits per heavy atom. The molecular weight excluding hydrogens is 412 g/mol. The predicted octanol–water partition coefficient (Wildman–Crippen LogP) is 5.12. The van der Waals surface area contributed by atoms with Gasteiger partial charge in [0.05, 0.1) is 6.61 Å². The number of nitrogens with zero attached hydrogens (tertiary/aromatic N) is 1. The quantitative estimate of drug-likeness (QED) is 0.482. The third kappa shape index (κ3) is 3.31. The van der Waals surface area contributed by atoms with E-state index < -0.39 is 0 Å². The van der Waals surface area contributed by atoms with Gasteiger partial charge in [0.2, 0.25) is 0 Å². The van der Waals surface area contributed by atoms with Gasteiger partial charge < -0.3 is 19.8 Å². The lowest BCUT2D eigenvalue weighted by Gasteiger charge is -2.38. The largest absolute Gasteiger partial charge is 0.492 e. The van der Waals surface area contributed by atoms with Crippen LogP contribution in [0.5, 0.6) is 5.75 Å². The first kappa shape index (κ1) is 20.1. The predicted molar refractivity (Wildman–Crippen MR) is 128 cm³/mol. The van der Waals surface area contributed by atoms with E-state index in [1.54, 1.807) is 6.07 Å². The number of ether oxygens (including phenoxy) is 1. The van der Waals surface area contributed by atoms with Crippen LogP contribution in [0.25, 0.3) is 22.1 Å². The van der Waals surface area contributed by atoms with Crippen LogP contribution in [0.15, 0.2) is 77.2 Å². The summed E-state index contributed by atoms with van der Waals surface area (Å²) in [6.07, 6.45) is 1.74. The Labute approximate surface area is 192 Å². The number of carbonyl (C=O) groups is 1. The number of hydrogen-bond acceptors (Lipinski definition) is 4. The molecule has 3 aromatic carbocycles. The maximum absolute atomic E-state index is 13.2. The zero-order valence-electron chi connectivity index (χ0n) is 18.4. The highest BCUT2D eigenvalue weighted by molar-refractivity contribution is 5.97. The van der Waals surface area contributed by atoms with Gasteiger partial charge in [0.1, 0.15) is 11.5 Å². The molecule has 166 valence electrons. The minimum atomic E-state index is -0.0498. The third-order valence-corrected chi connectivity index (χ3v) is 7.23. The second-order valence-corrected chi connectivity index (χ2v) is 9.09. The molecule has 1 fully saturated rings. The SMILES string of the molecule is NCc1ccc2c(c1)C1(CCN(C(=O)c3ccc(-c4cccc5ccccc45)o3)CC1)CO2. The van der Waals surface area contributed by atoms with Gasteiger partial charge in [-0.25, -0.2) is 0 Å². The fraction of sp³-hybridized carbons (Fsp3) is 0.250. The number of rotatable bonds is 3. The molecule has 0 aliphatic carbocycles. The van der Waals surface area contributed by atoms with Crippen LogP contribution in [0, 0.1) is 0 Å². The normalized spacial score (nSPS) is 16.7. The fourth-order valence-electron chi connectivity index (χ4n) is 5.28. The summed E-state index contributed by atoms with van der Waals surface area (Å²) in [5.74, 6) is 2.02. The van der Waals surface area contributed by atoms with E-state index in [0.29, 0.717) is 32.0 Å². The number of carbonyl (C=O) groups excluding carboxylic acids is 1. The molecule has 0 atom stereocenters. The van der Waals surface area contributed by atoms with Gasteiger partial charge in [0, 0.05) is 36.2 Å². The zero-order chi connectivity index (χ0) is 22.4. The summed E-state index contributed by atoms with van der Waals surface area (Å²) < 4.78 is 12.1. The van der Waals surface area contributed by atoms with Gasteiger partial charge in [-0.05, 0) is 47.4 Å². The minimum Gasteiger partial charge on any atom is -0.492 e. The lowest BCUT2D eigenvalue weighted by atomic mass is 9.74. The van der Waals surface area contributed by atoms with Gasteiger partial charge in [0.15, 0.2) is 5.76 Å². The molecular formula is C28H26N2O3. The summed E-state index contributed by atoms with van der Waals surface area (Å²) in [6.45, 7) is 2.55. The molecule has 3 heterocycles. The van der Waals surface area contributed by atoms with Crippen molar-refractivity contribution in [3.05, 3.63) is 89.7 Å². The molecule has 4 aromatic rings. The van der Waals surface area contributed by atoms with Gasteiger partial charge in [-0.15, -0.1) is 0 Å². The average Bonchev–Trinajstić information content (AvgIpc) is 3.49. The van der Waals surface area contributed by atoms with Gasteiger partial charge in [-0.2, -0.15) is 0 Å². The Morgan fingerprint density at radius 2 is 1.79 bits per heavy atom. The van der Waals surface area contributed by atoms with Crippen molar-refractivity contribution in [1.82, 2.24) is 4.90 Å². The Hall–Kier alpha value is -3.57. The van der Waals surface area contributed by atoms with Crippen molar-refractivity contribution in [2.45, 2.75) is 24.8 Å². The second kappa shape index (κ2) is 7.78. The van der Waals surface area contributed by atoms with Crippen LogP contribution >= 0.6 is 0 Å². The van der Waals surface area contributed by atoms with Gasteiger partial charge >= 0.3 is 0 Å². The van der Waals surface area contributed by atoms with Crippen molar-refractivity contribution in [1.29, 1.82) is 0 Å². The van der Waals surface area contributed by atoms with Crippen molar-refractivity contribution < 1.29 is 13.9 Å². The summed E-state index contributed by atoms with van der Waals surface area (Å²) in [6, 6.07) is 24.3. The van der Waals surface area contributed by atoms with Crippen molar-refractivity contribution in [3.63, 3.8) is 0 Å². The molecule has 0 unspecified atom stereocenters. The van der Waals surface area contributed by atoms with Crippen LogP contribution in [-0.4, -0.2) is 30.5 Å². The Morgan fingerprint density at radius 1 is 0.970 bits per heavy atom. The molecule has 1 saturated heterocycles. The van der Waals surface area contributed by atoms with E-state index in [2.05, 4.69) is 24.3 Å². The van der Waals surface area contributed by atoms with Crippen LogP contribution in [-0.2, 0) is 12.0 Å². The molecule has 0 bridgehead atoms. The fourth-order valence-corrected chi connectivity index (χ4v) is 5.28. The van der Waals surface area contributed by atoms with E-state index >= 15 is 0 Å². The van der Waals surface area contributed by atoms with E-state index in [0.717, 1.165) is 46.3 Å². The highest BCUT2D eigenvalue weighted by atomic mass is 16.5. The smallest absolute Gasteiger partial charge is 0.289 e. The Bertz CT molecular complexity index is 1340. The molecule has 6 rings (SSSR count). The lowest BCUT2D eigenvalue weighted by molar-refractivity contribution is 0.0616. The third-order valence-electron chi connectivity index (χ3n) is 7.23. The molecule has 0 saturated carbocycles. The standard InChI is InChI=1S/C28H26N2O3/c29-17-19-8-9-25-23(16-19)28(18-32-25)12-14-30(15-13-28)27(31)26-11-10-24(33-26)22-7-3-5-20-4-1-2-6-21(20)22/h1-11,16H,12-15,17-18,29H2.